The van der Waals surface area contributed by atoms with Crippen molar-refractivity contribution in [3.63, 3.8) is 0 Å². The molecule has 2 rings (SSSR count). The van der Waals surface area contributed by atoms with Gasteiger partial charge in [-0.05, 0) is 36.6 Å². The molecular weight excluding hydrogens is 214 g/mol. The Morgan fingerprint density at radius 3 is 2.65 bits per heavy atom. The van der Waals surface area contributed by atoms with E-state index in [0.717, 1.165) is 12.8 Å². The lowest BCUT2D eigenvalue weighted by molar-refractivity contribution is -0.166. The Kier molecular flexibility index (Phi) is 2.85. The first-order valence-corrected chi connectivity index (χ1v) is 6.42. The summed E-state index contributed by atoms with van der Waals surface area (Å²) in [6.45, 7) is 6.51. The van der Waals surface area contributed by atoms with Crippen LogP contribution in [0.2, 0.25) is 0 Å². The first kappa shape index (κ1) is 12.6. The maximum Gasteiger partial charge on any atom is 0.307 e. The van der Waals surface area contributed by atoms with E-state index < -0.39 is 5.97 Å². The summed E-state index contributed by atoms with van der Waals surface area (Å²) in [6, 6.07) is 0. The van der Waals surface area contributed by atoms with E-state index in [1.807, 2.05) is 20.8 Å². The standard InChI is InChI=1S/C14H23NO2/c1-13(2,3)11(12(16)17)14(8-15)7-9-5-4-6-10(9)14/h4,6,9-11H,5,7-8,15H2,1-3H3,(H,16,17)/t9-,10-,11?,14-/m1/s1. The molecule has 1 fully saturated rings. The molecule has 0 spiro atoms. The molecule has 2 aliphatic carbocycles. The predicted octanol–water partition coefficient (Wildman–Crippen LogP) is 2.27. The number of rotatable bonds is 3. The molecule has 0 radical (unpaired) electrons. The van der Waals surface area contributed by atoms with E-state index in [1.54, 1.807) is 0 Å². The van der Waals surface area contributed by atoms with E-state index in [4.69, 9.17) is 5.73 Å². The molecule has 3 N–H and O–H groups in total. The quantitative estimate of drug-likeness (QED) is 0.740. The van der Waals surface area contributed by atoms with E-state index in [0.29, 0.717) is 18.4 Å². The van der Waals surface area contributed by atoms with Crippen LogP contribution in [0.3, 0.4) is 0 Å². The van der Waals surface area contributed by atoms with Crippen molar-refractivity contribution in [1.29, 1.82) is 0 Å². The lowest BCUT2D eigenvalue weighted by atomic mass is 9.46. The molecule has 1 saturated carbocycles. The minimum atomic E-state index is -0.693. The summed E-state index contributed by atoms with van der Waals surface area (Å²) >= 11 is 0. The molecule has 96 valence electrons. The highest BCUT2D eigenvalue weighted by molar-refractivity contribution is 5.72. The van der Waals surface area contributed by atoms with Crippen LogP contribution in [0, 0.1) is 28.6 Å². The van der Waals surface area contributed by atoms with Gasteiger partial charge in [0.05, 0.1) is 5.92 Å². The molecule has 0 aromatic rings. The Bertz CT molecular complexity index is 356. The van der Waals surface area contributed by atoms with Crippen molar-refractivity contribution < 1.29 is 9.90 Å². The van der Waals surface area contributed by atoms with E-state index in [9.17, 15) is 9.90 Å². The molecule has 0 saturated heterocycles. The number of hydrogen-bond acceptors (Lipinski definition) is 2. The third-order valence-electron chi connectivity index (χ3n) is 4.66. The number of fused-ring (bicyclic) bond motifs is 1. The van der Waals surface area contributed by atoms with Crippen molar-refractivity contribution in [3.05, 3.63) is 12.2 Å². The van der Waals surface area contributed by atoms with Crippen LogP contribution < -0.4 is 5.73 Å². The van der Waals surface area contributed by atoms with Gasteiger partial charge < -0.3 is 10.8 Å². The van der Waals surface area contributed by atoms with Crippen molar-refractivity contribution in [2.45, 2.75) is 33.6 Å². The Balaban J connectivity index is 2.34. The molecule has 3 nitrogen and oxygen atoms in total. The lowest BCUT2D eigenvalue weighted by Crippen LogP contribution is -2.59. The van der Waals surface area contributed by atoms with Crippen molar-refractivity contribution in [3.8, 4) is 0 Å². The second-order valence-corrected chi connectivity index (χ2v) is 6.73. The summed E-state index contributed by atoms with van der Waals surface area (Å²) in [5, 5.41) is 9.58. The lowest BCUT2D eigenvalue weighted by Gasteiger charge is -2.58. The fourth-order valence-corrected chi connectivity index (χ4v) is 4.17. The largest absolute Gasteiger partial charge is 0.481 e. The fourth-order valence-electron chi connectivity index (χ4n) is 4.17. The maximum absolute atomic E-state index is 11.7. The first-order valence-electron chi connectivity index (χ1n) is 6.42. The van der Waals surface area contributed by atoms with E-state index >= 15 is 0 Å². The van der Waals surface area contributed by atoms with Gasteiger partial charge in [0.1, 0.15) is 0 Å². The van der Waals surface area contributed by atoms with Gasteiger partial charge in [-0.3, -0.25) is 4.79 Å². The fraction of sp³-hybridized carbons (Fsp3) is 0.786. The summed E-state index contributed by atoms with van der Waals surface area (Å²) in [5.74, 6) is -0.0266. The zero-order valence-electron chi connectivity index (χ0n) is 10.9. The van der Waals surface area contributed by atoms with Gasteiger partial charge in [-0.25, -0.2) is 0 Å². The number of carboxylic acids is 1. The van der Waals surface area contributed by atoms with Gasteiger partial charge in [0, 0.05) is 5.41 Å². The summed E-state index contributed by atoms with van der Waals surface area (Å²) in [7, 11) is 0. The molecule has 2 aliphatic rings. The average molecular weight is 237 g/mol. The monoisotopic (exact) mass is 237 g/mol. The number of carboxylic acid groups (broad SMARTS) is 1. The Labute approximate surface area is 103 Å². The van der Waals surface area contributed by atoms with Crippen LogP contribution in [0.5, 0.6) is 0 Å². The molecular formula is C14H23NO2. The Morgan fingerprint density at radius 2 is 2.24 bits per heavy atom. The van der Waals surface area contributed by atoms with Crippen LogP contribution in [-0.2, 0) is 4.79 Å². The van der Waals surface area contributed by atoms with Crippen molar-refractivity contribution in [1.82, 2.24) is 0 Å². The molecule has 0 aliphatic heterocycles. The number of allylic oxidation sites excluding steroid dienone is 2. The van der Waals surface area contributed by atoms with E-state index in [-0.39, 0.29) is 16.7 Å². The van der Waals surface area contributed by atoms with Crippen LogP contribution in [0.15, 0.2) is 12.2 Å². The smallest absolute Gasteiger partial charge is 0.307 e. The van der Waals surface area contributed by atoms with E-state index in [1.165, 1.54) is 0 Å². The molecule has 17 heavy (non-hydrogen) atoms. The summed E-state index contributed by atoms with van der Waals surface area (Å²) in [6.07, 6.45) is 6.45. The van der Waals surface area contributed by atoms with Crippen molar-refractivity contribution >= 4 is 5.97 Å². The molecule has 0 amide bonds. The minimum Gasteiger partial charge on any atom is -0.481 e. The third kappa shape index (κ3) is 1.71. The van der Waals surface area contributed by atoms with E-state index in [2.05, 4.69) is 12.2 Å². The van der Waals surface area contributed by atoms with Gasteiger partial charge in [-0.2, -0.15) is 0 Å². The highest BCUT2D eigenvalue weighted by Crippen LogP contribution is 2.62. The molecule has 1 unspecified atom stereocenters. The molecule has 3 heteroatoms. The van der Waals surface area contributed by atoms with Gasteiger partial charge in [-0.15, -0.1) is 0 Å². The Morgan fingerprint density at radius 1 is 1.59 bits per heavy atom. The highest BCUT2D eigenvalue weighted by atomic mass is 16.4. The average Bonchev–Trinajstić information content (AvgIpc) is 2.54. The van der Waals surface area contributed by atoms with Gasteiger partial charge in [0.2, 0.25) is 0 Å². The summed E-state index contributed by atoms with van der Waals surface area (Å²) < 4.78 is 0. The molecule has 0 aromatic carbocycles. The molecule has 0 aromatic heterocycles. The summed E-state index contributed by atoms with van der Waals surface area (Å²) in [4.78, 5) is 11.7. The van der Waals surface area contributed by atoms with Gasteiger partial charge in [0.15, 0.2) is 0 Å². The number of aliphatic carboxylic acids is 1. The number of hydrogen-bond donors (Lipinski definition) is 2. The van der Waals surface area contributed by atoms with Gasteiger partial charge >= 0.3 is 5.97 Å². The summed E-state index contributed by atoms with van der Waals surface area (Å²) in [5.41, 5.74) is 5.50. The second-order valence-electron chi connectivity index (χ2n) is 6.73. The van der Waals surface area contributed by atoms with Crippen LogP contribution >= 0.6 is 0 Å². The molecule has 4 atom stereocenters. The molecule has 0 bridgehead atoms. The van der Waals surface area contributed by atoms with Crippen molar-refractivity contribution in [2.75, 3.05) is 6.54 Å². The zero-order chi connectivity index (χ0) is 12.8. The third-order valence-corrected chi connectivity index (χ3v) is 4.66. The number of carbonyl (C=O) groups is 1. The van der Waals surface area contributed by atoms with Crippen molar-refractivity contribution in [2.24, 2.45) is 34.3 Å². The number of nitrogens with two attached hydrogens (primary N) is 1. The highest BCUT2D eigenvalue weighted by Gasteiger charge is 2.61. The predicted molar refractivity (Wildman–Crippen MR) is 67.4 cm³/mol. The normalized spacial score (nSPS) is 37.4. The van der Waals surface area contributed by atoms with Crippen LogP contribution in [0.1, 0.15) is 33.6 Å². The zero-order valence-corrected chi connectivity index (χ0v) is 10.9. The Hall–Kier alpha value is -0.830. The SMILES string of the molecule is CC(C)(C)C(C(=O)O)[C@@]1(CN)C[C@H]2CC=C[C@H]21. The first-order chi connectivity index (χ1) is 7.83. The maximum atomic E-state index is 11.7. The van der Waals surface area contributed by atoms with Gasteiger partial charge in [0.25, 0.3) is 0 Å². The van der Waals surface area contributed by atoms with Crippen LogP contribution in [-0.4, -0.2) is 17.6 Å². The topological polar surface area (TPSA) is 63.3 Å². The molecule has 0 heterocycles. The van der Waals surface area contributed by atoms with Gasteiger partial charge in [-0.1, -0.05) is 32.9 Å². The minimum absolute atomic E-state index is 0.220. The van der Waals surface area contributed by atoms with Crippen LogP contribution in [0.4, 0.5) is 0 Å². The van der Waals surface area contributed by atoms with Crippen LogP contribution in [0.25, 0.3) is 0 Å². The second kappa shape index (κ2) is 3.84.